The van der Waals surface area contributed by atoms with Crippen molar-refractivity contribution in [2.24, 2.45) is 0 Å². The van der Waals surface area contributed by atoms with Crippen LogP contribution in [0, 0.1) is 7.14 Å². The van der Waals surface area contributed by atoms with Crippen LogP contribution < -0.4 is 5.43 Å². The second-order valence-electron chi connectivity index (χ2n) is 4.30. The molecule has 1 aromatic heterocycles. The summed E-state index contributed by atoms with van der Waals surface area (Å²) in [6.45, 7) is 2.09. The molecule has 1 aromatic carbocycles. The smallest absolute Gasteiger partial charge is 0.333 e. The Morgan fingerprint density at radius 1 is 1.19 bits per heavy atom. The molecule has 4 nitrogen and oxygen atoms in total. The van der Waals surface area contributed by atoms with Crippen LogP contribution in [0.25, 0.3) is 0 Å². The minimum absolute atomic E-state index is 0.0249. The third-order valence-corrected chi connectivity index (χ3v) is 4.42. The number of hydrogen-bond acceptors (Lipinski definition) is 3. The van der Waals surface area contributed by atoms with Crippen molar-refractivity contribution in [2.45, 2.75) is 13.0 Å². The minimum atomic E-state index is -0.589. The highest BCUT2D eigenvalue weighted by Crippen LogP contribution is 2.21. The SMILES string of the molecule is CCOC(=O)C(c1ccccc1)n1cc(I)c(=O)c(I)c1. The molecular formula is C15H13I2NO3. The Morgan fingerprint density at radius 3 is 2.29 bits per heavy atom. The predicted molar refractivity (Wildman–Crippen MR) is 97.4 cm³/mol. The lowest BCUT2D eigenvalue weighted by molar-refractivity contribution is -0.145. The van der Waals surface area contributed by atoms with Crippen molar-refractivity contribution in [1.29, 1.82) is 0 Å². The monoisotopic (exact) mass is 509 g/mol. The van der Waals surface area contributed by atoms with Crippen molar-refractivity contribution in [3.8, 4) is 0 Å². The van der Waals surface area contributed by atoms with Crippen LogP contribution in [0.5, 0.6) is 0 Å². The highest BCUT2D eigenvalue weighted by Gasteiger charge is 2.24. The fraction of sp³-hybridized carbons (Fsp3) is 0.200. The highest BCUT2D eigenvalue weighted by atomic mass is 127. The lowest BCUT2D eigenvalue weighted by atomic mass is 10.1. The highest BCUT2D eigenvalue weighted by molar-refractivity contribution is 14.1. The van der Waals surface area contributed by atoms with E-state index in [2.05, 4.69) is 0 Å². The van der Waals surface area contributed by atoms with Gasteiger partial charge in [-0.05, 0) is 57.7 Å². The van der Waals surface area contributed by atoms with E-state index in [1.54, 1.807) is 23.9 Å². The molecule has 6 heteroatoms. The van der Waals surface area contributed by atoms with E-state index in [9.17, 15) is 9.59 Å². The Balaban J connectivity index is 2.55. The molecule has 1 atom stereocenters. The summed E-state index contributed by atoms with van der Waals surface area (Å²) in [5, 5.41) is 0. The maximum atomic E-state index is 12.3. The van der Waals surface area contributed by atoms with Crippen LogP contribution in [0.2, 0.25) is 0 Å². The molecule has 0 saturated heterocycles. The predicted octanol–water partition coefficient (Wildman–Crippen LogP) is 3.21. The topological polar surface area (TPSA) is 48.3 Å². The van der Waals surface area contributed by atoms with E-state index >= 15 is 0 Å². The summed E-state index contributed by atoms with van der Waals surface area (Å²) in [4.78, 5) is 24.2. The van der Waals surface area contributed by atoms with Gasteiger partial charge in [-0.25, -0.2) is 4.79 Å². The quantitative estimate of drug-likeness (QED) is 0.470. The Hall–Kier alpha value is -0.900. The van der Waals surface area contributed by atoms with Crippen LogP contribution in [0.3, 0.4) is 0 Å². The summed E-state index contributed by atoms with van der Waals surface area (Å²) in [6, 6.07) is 8.80. The van der Waals surface area contributed by atoms with E-state index in [1.165, 1.54) is 0 Å². The van der Waals surface area contributed by atoms with E-state index in [0.29, 0.717) is 13.7 Å². The van der Waals surface area contributed by atoms with Gasteiger partial charge in [0.25, 0.3) is 0 Å². The Kier molecular flexibility index (Phi) is 5.80. The first-order chi connectivity index (χ1) is 10.0. The van der Waals surface area contributed by atoms with E-state index in [1.807, 2.05) is 75.5 Å². The molecule has 0 radical (unpaired) electrons. The summed E-state index contributed by atoms with van der Waals surface area (Å²) >= 11 is 3.97. The number of halogens is 2. The number of carbonyl (C=O) groups excluding carboxylic acids is 1. The number of aromatic nitrogens is 1. The molecule has 0 fully saturated rings. The number of pyridine rings is 1. The molecule has 1 unspecified atom stereocenters. The number of esters is 1. The Bertz CT molecular complexity index is 672. The van der Waals surface area contributed by atoms with Gasteiger partial charge in [-0.2, -0.15) is 0 Å². The fourth-order valence-electron chi connectivity index (χ4n) is 1.97. The molecule has 2 rings (SSSR count). The van der Waals surface area contributed by atoms with Gasteiger partial charge in [-0.3, -0.25) is 4.79 Å². The summed E-state index contributed by atoms with van der Waals surface area (Å²) in [5.74, 6) is -0.334. The number of hydrogen-bond donors (Lipinski definition) is 0. The zero-order valence-corrected chi connectivity index (χ0v) is 15.6. The van der Waals surface area contributed by atoms with E-state index in [-0.39, 0.29) is 11.4 Å². The van der Waals surface area contributed by atoms with Gasteiger partial charge in [0.15, 0.2) is 6.04 Å². The fourth-order valence-corrected chi connectivity index (χ4v) is 3.71. The molecule has 0 spiro atoms. The van der Waals surface area contributed by atoms with Crippen LogP contribution in [0.1, 0.15) is 18.5 Å². The van der Waals surface area contributed by atoms with Gasteiger partial charge in [0.05, 0.1) is 13.7 Å². The normalized spacial score (nSPS) is 12.0. The molecule has 0 saturated carbocycles. The second kappa shape index (κ2) is 7.39. The zero-order chi connectivity index (χ0) is 15.4. The molecule has 0 N–H and O–H groups in total. The first-order valence-electron chi connectivity index (χ1n) is 6.33. The zero-order valence-electron chi connectivity index (χ0n) is 11.3. The largest absolute Gasteiger partial charge is 0.464 e. The molecule has 0 aliphatic heterocycles. The molecule has 0 aliphatic carbocycles. The standard InChI is InChI=1S/C15H13I2NO3/c1-2-21-15(20)13(10-6-4-3-5-7-10)18-8-11(16)14(19)12(17)9-18/h3-9,13H,2H2,1H3. The van der Waals surface area contributed by atoms with Gasteiger partial charge in [0, 0.05) is 12.4 Å². The van der Waals surface area contributed by atoms with Crippen molar-refractivity contribution in [3.63, 3.8) is 0 Å². The van der Waals surface area contributed by atoms with Gasteiger partial charge in [0.2, 0.25) is 5.43 Å². The van der Waals surface area contributed by atoms with Crippen molar-refractivity contribution in [3.05, 3.63) is 65.7 Å². The van der Waals surface area contributed by atoms with Gasteiger partial charge < -0.3 is 9.30 Å². The lowest BCUT2D eigenvalue weighted by Crippen LogP contribution is -2.25. The van der Waals surface area contributed by atoms with Crippen LogP contribution in [-0.4, -0.2) is 17.1 Å². The number of carbonyl (C=O) groups is 1. The Morgan fingerprint density at radius 2 is 1.76 bits per heavy atom. The van der Waals surface area contributed by atoms with E-state index in [0.717, 1.165) is 5.56 Å². The number of rotatable bonds is 4. The average Bonchev–Trinajstić information content (AvgIpc) is 2.46. The molecular weight excluding hydrogens is 496 g/mol. The van der Waals surface area contributed by atoms with E-state index in [4.69, 9.17) is 4.74 Å². The molecule has 2 aromatic rings. The Labute approximate surface area is 149 Å². The summed E-state index contributed by atoms with van der Waals surface area (Å²) < 4.78 is 8.06. The van der Waals surface area contributed by atoms with Crippen molar-refractivity contribution in [1.82, 2.24) is 4.57 Å². The number of nitrogens with zero attached hydrogens (tertiary/aromatic N) is 1. The number of benzene rings is 1. The molecule has 1 heterocycles. The van der Waals surface area contributed by atoms with Crippen LogP contribution >= 0.6 is 45.2 Å². The summed E-state index contributed by atoms with van der Waals surface area (Å²) in [5.41, 5.74) is 0.800. The van der Waals surface area contributed by atoms with Crippen LogP contribution in [0.15, 0.2) is 47.5 Å². The van der Waals surface area contributed by atoms with Gasteiger partial charge in [-0.1, -0.05) is 30.3 Å². The molecule has 110 valence electrons. The maximum absolute atomic E-state index is 12.3. The van der Waals surface area contributed by atoms with Crippen LogP contribution in [-0.2, 0) is 9.53 Å². The first-order valence-corrected chi connectivity index (χ1v) is 8.48. The van der Waals surface area contributed by atoms with Gasteiger partial charge in [0.1, 0.15) is 0 Å². The lowest BCUT2D eigenvalue weighted by Gasteiger charge is -2.20. The summed E-state index contributed by atoms with van der Waals surface area (Å²) in [6.07, 6.45) is 3.36. The third-order valence-electron chi connectivity index (χ3n) is 2.88. The van der Waals surface area contributed by atoms with E-state index < -0.39 is 6.04 Å². The number of ether oxygens (including phenoxy) is 1. The van der Waals surface area contributed by atoms with Crippen LogP contribution in [0.4, 0.5) is 0 Å². The van der Waals surface area contributed by atoms with Crippen molar-refractivity contribution < 1.29 is 9.53 Å². The second-order valence-corrected chi connectivity index (χ2v) is 6.62. The average molecular weight is 509 g/mol. The molecule has 0 aliphatic rings. The summed E-state index contributed by atoms with van der Waals surface area (Å²) in [7, 11) is 0. The molecule has 0 amide bonds. The van der Waals surface area contributed by atoms with Crippen molar-refractivity contribution >= 4 is 51.2 Å². The molecule has 0 bridgehead atoms. The third kappa shape index (κ3) is 3.85. The molecule has 21 heavy (non-hydrogen) atoms. The first kappa shape index (κ1) is 16.5. The maximum Gasteiger partial charge on any atom is 0.333 e. The minimum Gasteiger partial charge on any atom is -0.464 e. The van der Waals surface area contributed by atoms with Gasteiger partial charge in [-0.15, -0.1) is 0 Å². The van der Waals surface area contributed by atoms with Gasteiger partial charge >= 0.3 is 5.97 Å². The van der Waals surface area contributed by atoms with Crippen molar-refractivity contribution in [2.75, 3.05) is 6.61 Å².